The van der Waals surface area contributed by atoms with Gasteiger partial charge in [0.1, 0.15) is 5.76 Å². The highest BCUT2D eigenvalue weighted by atomic mass is 16.5. The number of furan rings is 1. The van der Waals surface area contributed by atoms with Crippen molar-refractivity contribution >= 4 is 0 Å². The van der Waals surface area contributed by atoms with Gasteiger partial charge in [0.15, 0.2) is 0 Å². The van der Waals surface area contributed by atoms with Gasteiger partial charge >= 0.3 is 0 Å². The van der Waals surface area contributed by atoms with Crippen molar-refractivity contribution in [2.75, 3.05) is 0 Å². The molecular weight excluding hydrogens is 214 g/mol. The summed E-state index contributed by atoms with van der Waals surface area (Å²) in [6.45, 7) is 10.7. The third kappa shape index (κ3) is 2.72. The average Bonchev–Trinajstić information content (AvgIpc) is 2.72. The lowest BCUT2D eigenvalue weighted by Gasteiger charge is -2.29. The topological polar surface area (TPSA) is 34.4 Å². The lowest BCUT2D eigenvalue weighted by atomic mass is 9.93. The summed E-state index contributed by atoms with van der Waals surface area (Å²) in [5.74, 6) is 0.977. The lowest BCUT2D eigenvalue weighted by Crippen LogP contribution is -2.44. The van der Waals surface area contributed by atoms with Crippen LogP contribution in [0.3, 0.4) is 0 Å². The molecule has 2 rings (SSSR count). The summed E-state index contributed by atoms with van der Waals surface area (Å²) < 4.78 is 11.5. The molecule has 2 atom stereocenters. The first-order valence-electron chi connectivity index (χ1n) is 6.30. The van der Waals surface area contributed by atoms with Gasteiger partial charge in [-0.25, -0.2) is 0 Å². The van der Waals surface area contributed by atoms with Crippen molar-refractivity contribution in [1.29, 1.82) is 0 Å². The molecule has 96 valence electrons. The second-order valence-electron chi connectivity index (χ2n) is 6.13. The molecule has 3 nitrogen and oxygen atoms in total. The predicted molar refractivity (Wildman–Crippen MR) is 67.9 cm³/mol. The minimum Gasteiger partial charge on any atom is -0.468 e. The van der Waals surface area contributed by atoms with Gasteiger partial charge in [-0.05, 0) is 53.2 Å². The van der Waals surface area contributed by atoms with Crippen molar-refractivity contribution in [3.05, 3.63) is 24.2 Å². The van der Waals surface area contributed by atoms with Crippen LogP contribution in [0.15, 0.2) is 22.8 Å². The van der Waals surface area contributed by atoms with Crippen molar-refractivity contribution < 1.29 is 9.15 Å². The van der Waals surface area contributed by atoms with Crippen molar-refractivity contribution in [2.45, 2.75) is 64.3 Å². The van der Waals surface area contributed by atoms with Gasteiger partial charge in [-0.3, -0.25) is 0 Å². The van der Waals surface area contributed by atoms with Gasteiger partial charge in [0, 0.05) is 6.04 Å². The normalized spacial score (nSPS) is 28.2. The van der Waals surface area contributed by atoms with E-state index in [2.05, 4.69) is 39.9 Å². The lowest BCUT2D eigenvalue weighted by molar-refractivity contribution is -0.0704. The van der Waals surface area contributed by atoms with Crippen LogP contribution in [0.4, 0.5) is 0 Å². The third-order valence-electron chi connectivity index (χ3n) is 3.50. The Hall–Kier alpha value is -0.800. The van der Waals surface area contributed by atoms with Crippen LogP contribution in [0, 0.1) is 0 Å². The van der Waals surface area contributed by atoms with Crippen molar-refractivity contribution in [1.82, 2.24) is 5.32 Å². The van der Waals surface area contributed by atoms with Crippen LogP contribution in [0.1, 0.15) is 52.8 Å². The molecule has 1 aliphatic rings. The first kappa shape index (κ1) is 12.7. The summed E-state index contributed by atoms with van der Waals surface area (Å²) in [6.07, 6.45) is 2.73. The molecule has 0 amide bonds. The van der Waals surface area contributed by atoms with Gasteiger partial charge in [0.05, 0.1) is 23.5 Å². The Balaban J connectivity index is 2.04. The minimum absolute atomic E-state index is 0.0515. The molecule has 0 spiro atoms. The van der Waals surface area contributed by atoms with E-state index in [1.807, 2.05) is 12.1 Å². The molecule has 0 saturated carbocycles. The maximum atomic E-state index is 6.07. The molecule has 0 bridgehead atoms. The van der Waals surface area contributed by atoms with E-state index in [0.29, 0.717) is 6.04 Å². The molecule has 2 heterocycles. The van der Waals surface area contributed by atoms with Gasteiger partial charge in [-0.1, -0.05) is 0 Å². The van der Waals surface area contributed by atoms with Gasteiger partial charge in [-0.15, -0.1) is 0 Å². The quantitative estimate of drug-likeness (QED) is 0.876. The first-order valence-corrected chi connectivity index (χ1v) is 6.30. The summed E-state index contributed by atoms with van der Waals surface area (Å²) >= 11 is 0. The molecule has 1 aromatic rings. The Kier molecular flexibility index (Phi) is 3.08. The van der Waals surface area contributed by atoms with E-state index in [-0.39, 0.29) is 17.2 Å². The molecule has 1 aliphatic heterocycles. The third-order valence-corrected chi connectivity index (χ3v) is 3.50. The maximum Gasteiger partial charge on any atom is 0.120 e. The minimum atomic E-state index is -0.135. The van der Waals surface area contributed by atoms with E-state index in [1.54, 1.807) is 6.26 Å². The fourth-order valence-electron chi connectivity index (χ4n) is 2.74. The van der Waals surface area contributed by atoms with Crippen LogP contribution in [0.5, 0.6) is 0 Å². The molecule has 17 heavy (non-hydrogen) atoms. The fourth-order valence-corrected chi connectivity index (χ4v) is 2.74. The molecule has 1 saturated heterocycles. The second kappa shape index (κ2) is 4.14. The van der Waals surface area contributed by atoms with E-state index >= 15 is 0 Å². The monoisotopic (exact) mass is 237 g/mol. The Bertz CT molecular complexity index is 368. The van der Waals surface area contributed by atoms with Crippen molar-refractivity contribution in [2.24, 2.45) is 0 Å². The molecular formula is C14H23NO2. The number of ether oxygens (including phenoxy) is 1. The Morgan fingerprint density at radius 2 is 2.06 bits per heavy atom. The van der Waals surface area contributed by atoms with E-state index in [1.165, 1.54) is 0 Å². The molecule has 1 fully saturated rings. The zero-order chi connectivity index (χ0) is 12.7. The highest BCUT2D eigenvalue weighted by Gasteiger charge is 2.46. The van der Waals surface area contributed by atoms with Crippen LogP contribution in [0.25, 0.3) is 0 Å². The maximum absolute atomic E-state index is 6.07. The number of nitrogens with one attached hydrogen (secondary N) is 1. The molecule has 2 unspecified atom stereocenters. The standard InChI is InChI=1S/C14H23NO2/c1-10(11-7-6-8-16-11)15-12-9-13(2,3)17-14(12,4)5/h6-8,10,12,15H,9H2,1-5H3. The largest absolute Gasteiger partial charge is 0.468 e. The number of rotatable bonds is 3. The summed E-state index contributed by atoms with van der Waals surface area (Å²) in [4.78, 5) is 0. The van der Waals surface area contributed by atoms with Crippen molar-refractivity contribution in [3.63, 3.8) is 0 Å². The van der Waals surface area contributed by atoms with Crippen LogP contribution < -0.4 is 5.32 Å². The Morgan fingerprint density at radius 3 is 2.53 bits per heavy atom. The van der Waals surface area contributed by atoms with Crippen LogP contribution in [-0.2, 0) is 4.74 Å². The van der Waals surface area contributed by atoms with Crippen LogP contribution in [0.2, 0.25) is 0 Å². The predicted octanol–water partition coefficient (Wildman–Crippen LogP) is 3.28. The number of hydrogen-bond donors (Lipinski definition) is 1. The van der Waals surface area contributed by atoms with Gasteiger partial charge in [0.25, 0.3) is 0 Å². The summed E-state index contributed by atoms with van der Waals surface area (Å²) in [6, 6.07) is 4.49. The second-order valence-corrected chi connectivity index (χ2v) is 6.13. The highest BCUT2D eigenvalue weighted by molar-refractivity contribution is 5.06. The SMILES string of the molecule is CC(NC1CC(C)(C)OC1(C)C)c1ccco1. The fraction of sp³-hybridized carbons (Fsp3) is 0.714. The molecule has 1 aromatic heterocycles. The van der Waals surface area contributed by atoms with E-state index in [0.717, 1.165) is 12.2 Å². The summed E-state index contributed by atoms with van der Waals surface area (Å²) in [7, 11) is 0. The van der Waals surface area contributed by atoms with E-state index in [4.69, 9.17) is 9.15 Å². The highest BCUT2D eigenvalue weighted by Crippen LogP contribution is 2.38. The molecule has 1 N–H and O–H groups in total. The molecule has 0 aliphatic carbocycles. The molecule has 0 aromatic carbocycles. The van der Waals surface area contributed by atoms with Crippen molar-refractivity contribution in [3.8, 4) is 0 Å². The molecule has 0 radical (unpaired) electrons. The summed E-state index contributed by atoms with van der Waals surface area (Å²) in [5.41, 5.74) is -0.186. The average molecular weight is 237 g/mol. The zero-order valence-corrected chi connectivity index (χ0v) is 11.4. The van der Waals surface area contributed by atoms with Gasteiger partial charge in [0.2, 0.25) is 0 Å². The van der Waals surface area contributed by atoms with E-state index < -0.39 is 0 Å². The van der Waals surface area contributed by atoms with E-state index in [9.17, 15) is 0 Å². The van der Waals surface area contributed by atoms with Gasteiger partial charge < -0.3 is 14.5 Å². The summed E-state index contributed by atoms with van der Waals surface area (Å²) in [5, 5.41) is 3.61. The Labute approximate surface area is 104 Å². The zero-order valence-electron chi connectivity index (χ0n) is 11.4. The Morgan fingerprint density at radius 1 is 1.35 bits per heavy atom. The van der Waals surface area contributed by atoms with Gasteiger partial charge in [-0.2, -0.15) is 0 Å². The van der Waals surface area contributed by atoms with Crippen LogP contribution >= 0.6 is 0 Å². The first-order chi connectivity index (χ1) is 7.80. The smallest absolute Gasteiger partial charge is 0.120 e. The molecule has 3 heteroatoms. The van der Waals surface area contributed by atoms with Crippen LogP contribution in [-0.4, -0.2) is 17.2 Å². The number of hydrogen-bond acceptors (Lipinski definition) is 3.